The van der Waals surface area contributed by atoms with Crippen LogP contribution < -0.4 is 16.0 Å². The van der Waals surface area contributed by atoms with Crippen LogP contribution in [0.2, 0.25) is 0 Å². The van der Waals surface area contributed by atoms with Crippen molar-refractivity contribution in [3.8, 4) is 0 Å². The molecule has 4 N–H and O–H groups in total. The first-order valence-electron chi connectivity index (χ1n) is 8.23. The fourth-order valence-electron chi connectivity index (χ4n) is 2.39. The Morgan fingerprint density at radius 3 is 2.65 bits per heavy atom. The molecular weight excluding hydrogens is 294 g/mol. The van der Waals surface area contributed by atoms with Gasteiger partial charge in [0.2, 0.25) is 11.8 Å². The summed E-state index contributed by atoms with van der Waals surface area (Å²) in [7, 11) is 1.64. The molecule has 4 atom stereocenters. The molecule has 6 nitrogen and oxygen atoms in total. The van der Waals surface area contributed by atoms with Crippen molar-refractivity contribution in [2.75, 3.05) is 13.6 Å². The molecule has 1 aliphatic carbocycles. The van der Waals surface area contributed by atoms with E-state index in [0.717, 1.165) is 12.8 Å². The summed E-state index contributed by atoms with van der Waals surface area (Å²) in [6.45, 7) is 3.68. The SMILES string of the molecule is CCC(C)C(=O)NCC(=O)NC(CC1C=CC=CC1)C(O)NC. The predicted octanol–water partition coefficient (Wildman–Crippen LogP) is 0.694. The molecule has 0 saturated heterocycles. The van der Waals surface area contributed by atoms with Crippen molar-refractivity contribution < 1.29 is 14.7 Å². The van der Waals surface area contributed by atoms with Crippen molar-refractivity contribution >= 4 is 11.8 Å². The summed E-state index contributed by atoms with van der Waals surface area (Å²) >= 11 is 0. The van der Waals surface area contributed by atoms with Crippen LogP contribution in [-0.4, -0.2) is 42.8 Å². The van der Waals surface area contributed by atoms with E-state index in [1.807, 2.05) is 26.0 Å². The quantitative estimate of drug-likeness (QED) is 0.470. The van der Waals surface area contributed by atoms with E-state index in [0.29, 0.717) is 6.42 Å². The lowest BCUT2D eigenvalue weighted by Gasteiger charge is -2.27. The van der Waals surface area contributed by atoms with Crippen molar-refractivity contribution in [2.24, 2.45) is 11.8 Å². The zero-order valence-corrected chi connectivity index (χ0v) is 14.2. The van der Waals surface area contributed by atoms with Crippen LogP contribution in [0, 0.1) is 11.8 Å². The zero-order valence-electron chi connectivity index (χ0n) is 14.2. The molecule has 0 aliphatic heterocycles. The molecule has 0 fully saturated rings. The molecule has 23 heavy (non-hydrogen) atoms. The maximum absolute atomic E-state index is 12.0. The lowest BCUT2D eigenvalue weighted by molar-refractivity contribution is -0.129. The molecule has 0 spiro atoms. The third-order valence-corrected chi connectivity index (χ3v) is 4.13. The minimum atomic E-state index is -0.830. The van der Waals surface area contributed by atoms with Crippen molar-refractivity contribution in [3.05, 3.63) is 24.3 Å². The molecule has 0 heterocycles. The minimum absolute atomic E-state index is 0.0729. The lowest BCUT2D eigenvalue weighted by Crippen LogP contribution is -2.52. The normalized spacial score (nSPS) is 20.6. The standard InChI is InChI=1S/C17H29N3O3/c1-4-12(2)16(22)19-11-15(21)20-14(17(23)18-3)10-13-8-6-5-7-9-13/h5-8,12-14,17-18,23H,4,9-11H2,1-3H3,(H,19,22)(H,20,21). The Morgan fingerprint density at radius 1 is 1.35 bits per heavy atom. The van der Waals surface area contributed by atoms with Gasteiger partial charge in [-0.25, -0.2) is 0 Å². The summed E-state index contributed by atoms with van der Waals surface area (Å²) in [5.41, 5.74) is 0. The second-order valence-electron chi connectivity index (χ2n) is 5.98. The largest absolute Gasteiger partial charge is 0.376 e. The number of aliphatic hydroxyl groups excluding tert-OH is 1. The molecule has 0 aromatic rings. The molecule has 2 amide bonds. The highest BCUT2D eigenvalue weighted by Crippen LogP contribution is 2.18. The van der Waals surface area contributed by atoms with Crippen LogP contribution in [0.3, 0.4) is 0 Å². The third-order valence-electron chi connectivity index (χ3n) is 4.13. The molecule has 0 radical (unpaired) electrons. The molecule has 0 aromatic heterocycles. The van der Waals surface area contributed by atoms with E-state index in [4.69, 9.17) is 0 Å². The molecule has 0 bridgehead atoms. The van der Waals surface area contributed by atoms with Gasteiger partial charge in [-0.3, -0.25) is 14.9 Å². The van der Waals surface area contributed by atoms with Gasteiger partial charge in [0.15, 0.2) is 0 Å². The number of aliphatic hydroxyl groups is 1. The molecule has 0 aromatic carbocycles. The number of hydrogen-bond donors (Lipinski definition) is 4. The summed E-state index contributed by atoms with van der Waals surface area (Å²) in [6.07, 6.45) is 9.54. The van der Waals surface area contributed by atoms with Crippen LogP contribution in [0.4, 0.5) is 0 Å². The minimum Gasteiger partial charge on any atom is -0.376 e. The van der Waals surface area contributed by atoms with Crippen LogP contribution in [0.5, 0.6) is 0 Å². The lowest BCUT2D eigenvalue weighted by atomic mass is 9.92. The summed E-state index contributed by atoms with van der Waals surface area (Å²) in [6, 6.07) is -0.408. The van der Waals surface area contributed by atoms with Gasteiger partial charge in [-0.05, 0) is 32.2 Å². The summed E-state index contributed by atoms with van der Waals surface area (Å²) in [5, 5.41) is 18.2. The molecule has 1 aliphatic rings. The third kappa shape index (κ3) is 6.97. The Hall–Kier alpha value is -1.66. The van der Waals surface area contributed by atoms with Gasteiger partial charge in [0.25, 0.3) is 0 Å². The first-order valence-corrected chi connectivity index (χ1v) is 8.23. The topological polar surface area (TPSA) is 90.5 Å². The maximum Gasteiger partial charge on any atom is 0.239 e. The molecular formula is C17H29N3O3. The van der Waals surface area contributed by atoms with Crippen molar-refractivity contribution in [1.29, 1.82) is 0 Å². The Bertz CT molecular complexity index is 448. The Labute approximate surface area is 138 Å². The Kier molecular flexibility index (Phi) is 8.58. The van der Waals surface area contributed by atoms with Crippen molar-refractivity contribution in [3.63, 3.8) is 0 Å². The van der Waals surface area contributed by atoms with Crippen molar-refractivity contribution in [1.82, 2.24) is 16.0 Å². The van der Waals surface area contributed by atoms with Crippen LogP contribution >= 0.6 is 0 Å². The van der Waals surface area contributed by atoms with Crippen LogP contribution in [-0.2, 0) is 9.59 Å². The van der Waals surface area contributed by atoms with Crippen molar-refractivity contribution in [2.45, 2.75) is 45.4 Å². The summed E-state index contributed by atoms with van der Waals surface area (Å²) in [5.74, 6) is -0.256. The van der Waals surface area contributed by atoms with Gasteiger partial charge in [0, 0.05) is 5.92 Å². The fourth-order valence-corrected chi connectivity index (χ4v) is 2.39. The number of rotatable bonds is 9. The molecule has 0 saturated carbocycles. The van der Waals surface area contributed by atoms with Gasteiger partial charge in [-0.15, -0.1) is 0 Å². The number of carbonyl (C=O) groups excluding carboxylic acids is 2. The van der Waals surface area contributed by atoms with E-state index in [9.17, 15) is 14.7 Å². The van der Waals surface area contributed by atoms with Gasteiger partial charge < -0.3 is 15.7 Å². The first-order chi connectivity index (χ1) is 11.0. The van der Waals surface area contributed by atoms with E-state index >= 15 is 0 Å². The average Bonchev–Trinajstić information content (AvgIpc) is 2.58. The van der Waals surface area contributed by atoms with E-state index in [-0.39, 0.29) is 30.2 Å². The van der Waals surface area contributed by atoms with E-state index in [1.165, 1.54) is 0 Å². The van der Waals surface area contributed by atoms with E-state index in [1.54, 1.807) is 7.05 Å². The highest BCUT2D eigenvalue weighted by atomic mass is 16.3. The fraction of sp³-hybridized carbons (Fsp3) is 0.647. The monoisotopic (exact) mass is 323 g/mol. The smallest absolute Gasteiger partial charge is 0.239 e. The van der Waals surface area contributed by atoms with E-state index in [2.05, 4.69) is 28.1 Å². The van der Waals surface area contributed by atoms with Gasteiger partial charge >= 0.3 is 0 Å². The molecule has 130 valence electrons. The molecule has 4 unspecified atom stereocenters. The van der Waals surface area contributed by atoms with E-state index < -0.39 is 12.3 Å². The number of likely N-dealkylation sites (N-methyl/N-ethyl adjacent to an activating group) is 1. The second kappa shape index (κ2) is 10.2. The van der Waals surface area contributed by atoms with Gasteiger partial charge in [-0.2, -0.15) is 0 Å². The van der Waals surface area contributed by atoms with Gasteiger partial charge in [-0.1, -0.05) is 38.2 Å². The number of nitrogens with one attached hydrogen (secondary N) is 3. The van der Waals surface area contributed by atoms with Crippen LogP contribution in [0.25, 0.3) is 0 Å². The van der Waals surface area contributed by atoms with Gasteiger partial charge in [0.05, 0.1) is 12.6 Å². The molecule has 1 rings (SSSR count). The number of carbonyl (C=O) groups is 2. The predicted molar refractivity (Wildman–Crippen MR) is 90.5 cm³/mol. The second-order valence-corrected chi connectivity index (χ2v) is 5.98. The number of hydrogen-bond acceptors (Lipinski definition) is 4. The average molecular weight is 323 g/mol. The highest BCUT2D eigenvalue weighted by molar-refractivity contribution is 5.85. The zero-order chi connectivity index (χ0) is 17.2. The van der Waals surface area contributed by atoms with Gasteiger partial charge in [0.1, 0.15) is 6.23 Å². The Morgan fingerprint density at radius 2 is 2.09 bits per heavy atom. The summed E-state index contributed by atoms with van der Waals surface area (Å²) < 4.78 is 0. The highest BCUT2D eigenvalue weighted by Gasteiger charge is 2.23. The maximum atomic E-state index is 12.0. The Balaban J connectivity index is 2.49. The number of amides is 2. The number of allylic oxidation sites excluding steroid dienone is 4. The van der Waals surface area contributed by atoms with Crippen LogP contribution in [0.15, 0.2) is 24.3 Å². The first kappa shape index (κ1) is 19.4. The summed E-state index contributed by atoms with van der Waals surface area (Å²) in [4.78, 5) is 23.7. The van der Waals surface area contributed by atoms with Crippen LogP contribution in [0.1, 0.15) is 33.1 Å². The molecule has 6 heteroatoms.